The zero-order valence-electron chi connectivity index (χ0n) is 6.95. The number of hydrogen-bond donors (Lipinski definition) is 1. The predicted molar refractivity (Wildman–Crippen MR) is 54.8 cm³/mol. The van der Waals surface area contributed by atoms with E-state index in [-0.39, 0.29) is 4.90 Å². The number of carbonyl (C=O) groups is 1. The highest BCUT2D eigenvalue weighted by molar-refractivity contribution is 9.10. The number of fused-ring (bicyclic) bond motifs is 1. The van der Waals surface area contributed by atoms with Crippen molar-refractivity contribution in [3.8, 4) is 0 Å². The maximum atomic E-state index is 11.5. The van der Waals surface area contributed by atoms with E-state index in [1.807, 2.05) is 0 Å². The molecule has 0 saturated carbocycles. The van der Waals surface area contributed by atoms with Gasteiger partial charge in [-0.15, -0.1) is 0 Å². The molecule has 6 heteroatoms. The summed E-state index contributed by atoms with van der Waals surface area (Å²) in [6.45, 7) is 0. The van der Waals surface area contributed by atoms with Crippen molar-refractivity contribution in [2.24, 2.45) is 0 Å². The van der Waals surface area contributed by atoms with Gasteiger partial charge in [0.25, 0.3) is 0 Å². The van der Waals surface area contributed by atoms with E-state index in [1.165, 1.54) is 6.07 Å². The maximum absolute atomic E-state index is 11.5. The second-order valence-corrected chi connectivity index (χ2v) is 5.82. The minimum atomic E-state index is -3.44. The lowest BCUT2D eigenvalue weighted by molar-refractivity contribution is -0.114. The average Bonchev–Trinajstić information content (AvgIpc) is 2.00. The van der Waals surface area contributed by atoms with Crippen molar-refractivity contribution in [1.29, 1.82) is 0 Å². The minimum absolute atomic E-state index is 0.181. The Balaban J connectivity index is 2.69. The standard InChI is InChI=1S/C8H6BrNO3S/c9-5-1-2-7-6(3-5)10-8(11)4-14(7,12)13/h1-3H,4H2,(H,10,11). The van der Waals surface area contributed by atoms with Crippen molar-refractivity contribution in [3.63, 3.8) is 0 Å². The van der Waals surface area contributed by atoms with E-state index < -0.39 is 21.5 Å². The summed E-state index contributed by atoms with van der Waals surface area (Å²) >= 11 is 3.20. The van der Waals surface area contributed by atoms with Crippen LogP contribution in [-0.4, -0.2) is 20.1 Å². The number of sulfone groups is 1. The monoisotopic (exact) mass is 275 g/mol. The SMILES string of the molecule is O=C1CS(=O)(=O)c2ccc(Br)cc2N1. The van der Waals surface area contributed by atoms with Gasteiger partial charge in [0.2, 0.25) is 5.91 Å². The molecule has 0 fully saturated rings. The Morgan fingerprint density at radius 1 is 1.36 bits per heavy atom. The van der Waals surface area contributed by atoms with Crippen LogP contribution >= 0.6 is 15.9 Å². The zero-order chi connectivity index (χ0) is 10.3. The summed E-state index contributed by atoms with van der Waals surface area (Å²) in [5, 5.41) is 2.51. The van der Waals surface area contributed by atoms with Crippen LogP contribution in [0.5, 0.6) is 0 Å². The van der Waals surface area contributed by atoms with Crippen molar-refractivity contribution < 1.29 is 13.2 Å². The Hall–Kier alpha value is -0.880. The molecule has 1 N–H and O–H groups in total. The molecule has 2 rings (SSSR count). The normalized spacial score (nSPS) is 18.5. The number of amides is 1. The number of anilines is 1. The number of rotatable bonds is 0. The van der Waals surface area contributed by atoms with Gasteiger partial charge in [-0.3, -0.25) is 4.79 Å². The van der Waals surface area contributed by atoms with Crippen LogP contribution in [0.4, 0.5) is 5.69 Å². The molecule has 0 bridgehead atoms. The molecular weight excluding hydrogens is 270 g/mol. The molecule has 14 heavy (non-hydrogen) atoms. The van der Waals surface area contributed by atoms with Crippen LogP contribution < -0.4 is 5.32 Å². The van der Waals surface area contributed by atoms with Gasteiger partial charge in [0, 0.05) is 4.47 Å². The lowest BCUT2D eigenvalue weighted by Gasteiger charge is -2.16. The van der Waals surface area contributed by atoms with Crippen LogP contribution in [-0.2, 0) is 14.6 Å². The third kappa shape index (κ3) is 1.55. The first-order valence-corrected chi connectivity index (χ1v) is 6.26. The molecule has 1 amide bonds. The molecule has 0 atom stereocenters. The quantitative estimate of drug-likeness (QED) is 0.773. The second-order valence-electron chi connectivity index (χ2n) is 2.95. The van der Waals surface area contributed by atoms with Gasteiger partial charge in [-0.2, -0.15) is 0 Å². The molecular formula is C8H6BrNO3S. The summed E-state index contributed by atoms with van der Waals surface area (Å²) in [4.78, 5) is 11.2. The molecule has 4 nitrogen and oxygen atoms in total. The summed E-state index contributed by atoms with van der Waals surface area (Å²) in [5.74, 6) is -0.961. The van der Waals surface area contributed by atoms with Crippen molar-refractivity contribution in [2.45, 2.75) is 4.90 Å². The number of halogens is 1. The molecule has 1 aromatic carbocycles. The highest BCUT2D eigenvalue weighted by Crippen LogP contribution is 2.29. The zero-order valence-corrected chi connectivity index (χ0v) is 9.35. The fourth-order valence-corrected chi connectivity index (χ4v) is 2.96. The van der Waals surface area contributed by atoms with Gasteiger partial charge in [0.05, 0.1) is 10.6 Å². The van der Waals surface area contributed by atoms with Gasteiger partial charge >= 0.3 is 0 Å². The minimum Gasteiger partial charge on any atom is -0.324 e. The molecule has 1 heterocycles. The lowest BCUT2D eigenvalue weighted by atomic mass is 10.3. The molecule has 0 radical (unpaired) electrons. The number of carbonyl (C=O) groups excluding carboxylic acids is 1. The molecule has 0 aliphatic carbocycles. The van der Waals surface area contributed by atoms with E-state index in [0.717, 1.165) is 4.47 Å². The van der Waals surface area contributed by atoms with E-state index in [0.29, 0.717) is 5.69 Å². The third-order valence-electron chi connectivity index (χ3n) is 1.87. The Bertz CT molecular complexity index is 509. The molecule has 0 spiro atoms. The van der Waals surface area contributed by atoms with Gasteiger partial charge < -0.3 is 5.32 Å². The Morgan fingerprint density at radius 3 is 2.79 bits per heavy atom. The third-order valence-corrected chi connectivity index (χ3v) is 4.03. The molecule has 74 valence electrons. The van der Waals surface area contributed by atoms with Crippen LogP contribution in [0.3, 0.4) is 0 Å². The van der Waals surface area contributed by atoms with Gasteiger partial charge in [0.15, 0.2) is 9.84 Å². The molecule has 1 aliphatic heterocycles. The van der Waals surface area contributed by atoms with Crippen molar-refractivity contribution in [2.75, 3.05) is 11.1 Å². The van der Waals surface area contributed by atoms with E-state index in [2.05, 4.69) is 21.2 Å². The summed E-state index contributed by atoms with van der Waals surface area (Å²) in [6, 6.07) is 4.69. The summed E-state index contributed by atoms with van der Waals surface area (Å²) in [7, 11) is -3.44. The van der Waals surface area contributed by atoms with E-state index in [1.54, 1.807) is 12.1 Å². The summed E-state index contributed by atoms with van der Waals surface area (Å²) in [6.07, 6.45) is 0. The highest BCUT2D eigenvalue weighted by atomic mass is 79.9. The summed E-state index contributed by atoms with van der Waals surface area (Å²) in [5.41, 5.74) is 0.343. The largest absolute Gasteiger partial charge is 0.324 e. The molecule has 0 unspecified atom stereocenters. The first-order chi connectivity index (χ1) is 6.49. The Labute approximate surface area is 89.4 Å². The van der Waals surface area contributed by atoms with Crippen LogP contribution in [0.1, 0.15) is 0 Å². The van der Waals surface area contributed by atoms with Crippen LogP contribution in [0.2, 0.25) is 0 Å². The van der Waals surface area contributed by atoms with Gasteiger partial charge in [-0.05, 0) is 18.2 Å². The van der Waals surface area contributed by atoms with Crippen LogP contribution in [0.25, 0.3) is 0 Å². The van der Waals surface area contributed by atoms with Crippen molar-refractivity contribution >= 4 is 37.4 Å². The van der Waals surface area contributed by atoms with Gasteiger partial charge in [-0.1, -0.05) is 15.9 Å². The lowest BCUT2D eigenvalue weighted by Crippen LogP contribution is -2.29. The average molecular weight is 276 g/mol. The van der Waals surface area contributed by atoms with E-state index in [4.69, 9.17) is 0 Å². The first kappa shape index (κ1) is 9.67. The Morgan fingerprint density at radius 2 is 2.07 bits per heavy atom. The molecule has 1 aliphatic rings. The molecule has 0 aromatic heterocycles. The molecule has 0 saturated heterocycles. The van der Waals surface area contributed by atoms with Gasteiger partial charge in [-0.25, -0.2) is 8.42 Å². The van der Waals surface area contributed by atoms with E-state index >= 15 is 0 Å². The fraction of sp³-hybridized carbons (Fsp3) is 0.125. The van der Waals surface area contributed by atoms with Crippen molar-refractivity contribution in [3.05, 3.63) is 22.7 Å². The predicted octanol–water partition coefficient (Wildman–Crippen LogP) is 1.17. The van der Waals surface area contributed by atoms with Crippen LogP contribution in [0.15, 0.2) is 27.6 Å². The van der Waals surface area contributed by atoms with Gasteiger partial charge in [0.1, 0.15) is 5.75 Å². The first-order valence-electron chi connectivity index (χ1n) is 3.81. The highest BCUT2D eigenvalue weighted by Gasteiger charge is 2.28. The van der Waals surface area contributed by atoms with Crippen LogP contribution in [0, 0.1) is 0 Å². The molecule has 1 aromatic rings. The second kappa shape index (κ2) is 3.06. The topological polar surface area (TPSA) is 63.2 Å². The maximum Gasteiger partial charge on any atom is 0.239 e. The number of benzene rings is 1. The Kier molecular flexibility index (Phi) is 2.11. The van der Waals surface area contributed by atoms with Crippen molar-refractivity contribution in [1.82, 2.24) is 0 Å². The smallest absolute Gasteiger partial charge is 0.239 e. The van der Waals surface area contributed by atoms with E-state index in [9.17, 15) is 13.2 Å². The summed E-state index contributed by atoms with van der Waals surface area (Å²) < 4.78 is 23.8. The fourth-order valence-electron chi connectivity index (χ4n) is 1.31. The number of hydrogen-bond acceptors (Lipinski definition) is 3. The number of nitrogens with one attached hydrogen (secondary N) is 1.